The second kappa shape index (κ2) is 8.45. The number of aromatic nitrogens is 1. The van der Waals surface area contributed by atoms with Crippen molar-refractivity contribution in [2.75, 3.05) is 0 Å². The van der Waals surface area contributed by atoms with E-state index in [0.717, 1.165) is 31.2 Å². The molecule has 1 fully saturated rings. The molecule has 1 heterocycles. The second-order valence-electron chi connectivity index (χ2n) is 6.47. The fraction of sp³-hybridized carbons (Fsp3) is 0.350. The summed E-state index contributed by atoms with van der Waals surface area (Å²) >= 11 is 0. The van der Waals surface area contributed by atoms with Crippen LogP contribution in [0.5, 0.6) is 5.88 Å². The molecule has 1 aliphatic carbocycles. The number of hydrogen-bond acceptors (Lipinski definition) is 5. The first kappa shape index (κ1) is 17.9. The normalized spacial score (nSPS) is 19.5. The highest BCUT2D eigenvalue weighted by molar-refractivity contribution is 5.87. The van der Waals surface area contributed by atoms with Crippen LogP contribution >= 0.6 is 0 Å². The minimum Gasteiger partial charge on any atom is -0.478 e. The van der Waals surface area contributed by atoms with Crippen LogP contribution in [0.2, 0.25) is 0 Å². The molecule has 0 spiro atoms. The molecule has 3 rings (SSSR count). The van der Waals surface area contributed by atoms with Gasteiger partial charge < -0.3 is 15.2 Å². The third-order valence-corrected chi connectivity index (χ3v) is 4.60. The summed E-state index contributed by atoms with van der Waals surface area (Å²) < 4.78 is 5.89. The van der Waals surface area contributed by atoms with Gasteiger partial charge in [0, 0.05) is 24.8 Å². The van der Waals surface area contributed by atoms with E-state index in [0.29, 0.717) is 29.6 Å². The number of nitrogens with zero attached hydrogens (tertiary/aromatic N) is 2. The molecule has 2 aromatic rings. The number of benzene rings is 1. The van der Waals surface area contributed by atoms with Crippen molar-refractivity contribution in [3.8, 4) is 11.9 Å². The second-order valence-corrected chi connectivity index (χ2v) is 6.47. The number of nitriles is 1. The Morgan fingerprint density at radius 1 is 1.27 bits per heavy atom. The average Bonchev–Trinajstić information content (AvgIpc) is 2.68. The fourth-order valence-corrected chi connectivity index (χ4v) is 3.15. The number of rotatable bonds is 6. The van der Waals surface area contributed by atoms with Crippen molar-refractivity contribution in [3.63, 3.8) is 0 Å². The number of ether oxygens (including phenoxy) is 1. The highest BCUT2D eigenvalue weighted by Crippen LogP contribution is 2.23. The van der Waals surface area contributed by atoms with Crippen molar-refractivity contribution in [2.45, 2.75) is 44.4 Å². The fourth-order valence-electron chi connectivity index (χ4n) is 3.15. The number of carboxylic acids is 1. The van der Waals surface area contributed by atoms with Gasteiger partial charge in [-0.3, -0.25) is 0 Å². The molecule has 0 radical (unpaired) electrons. The predicted octanol–water partition coefficient (Wildman–Crippen LogP) is 3.13. The number of hydrogen-bond donors (Lipinski definition) is 2. The molecule has 0 saturated heterocycles. The number of pyridine rings is 1. The summed E-state index contributed by atoms with van der Waals surface area (Å²) in [6, 6.07) is 12.9. The van der Waals surface area contributed by atoms with Crippen molar-refractivity contribution in [2.24, 2.45) is 0 Å². The summed E-state index contributed by atoms with van der Waals surface area (Å²) in [4.78, 5) is 15.2. The van der Waals surface area contributed by atoms with Crippen LogP contribution in [0.25, 0.3) is 0 Å². The van der Waals surface area contributed by atoms with Crippen molar-refractivity contribution in [3.05, 3.63) is 59.3 Å². The van der Waals surface area contributed by atoms with Crippen molar-refractivity contribution in [1.82, 2.24) is 10.3 Å². The number of nitrogens with one attached hydrogen (secondary N) is 1. The summed E-state index contributed by atoms with van der Waals surface area (Å²) in [5.41, 5.74) is 1.82. The van der Waals surface area contributed by atoms with Gasteiger partial charge in [-0.2, -0.15) is 5.26 Å². The molecular weight excluding hydrogens is 330 g/mol. The first-order valence-electron chi connectivity index (χ1n) is 8.72. The Morgan fingerprint density at radius 2 is 2.08 bits per heavy atom. The quantitative estimate of drug-likeness (QED) is 0.830. The molecule has 0 bridgehead atoms. The smallest absolute Gasteiger partial charge is 0.335 e. The standard InChI is InChI=1S/C20H21N3O3/c21-11-15-4-9-19(23-13-15)26-18-7-5-17(6-8-18)22-12-14-2-1-3-16(10-14)20(24)25/h1-4,9-10,13,17-18,22H,5-8,12H2,(H,24,25). The molecule has 1 aliphatic rings. The Bertz CT molecular complexity index is 791. The van der Waals surface area contributed by atoms with E-state index in [-0.39, 0.29) is 6.10 Å². The first-order chi connectivity index (χ1) is 12.6. The summed E-state index contributed by atoms with van der Waals surface area (Å²) in [5.74, 6) is -0.341. The monoisotopic (exact) mass is 351 g/mol. The van der Waals surface area contributed by atoms with Crippen LogP contribution in [0, 0.1) is 11.3 Å². The first-order valence-corrected chi connectivity index (χ1v) is 8.72. The molecule has 2 N–H and O–H groups in total. The molecule has 0 unspecified atom stereocenters. The summed E-state index contributed by atoms with van der Waals surface area (Å²) in [5, 5.41) is 21.3. The Balaban J connectivity index is 1.44. The summed E-state index contributed by atoms with van der Waals surface area (Å²) in [6.07, 6.45) is 5.54. The van der Waals surface area contributed by atoms with Crippen LogP contribution in [0.4, 0.5) is 0 Å². The third-order valence-electron chi connectivity index (χ3n) is 4.60. The highest BCUT2D eigenvalue weighted by atomic mass is 16.5. The molecule has 1 saturated carbocycles. The minimum absolute atomic E-state index is 0.142. The van der Waals surface area contributed by atoms with Gasteiger partial charge in [0.05, 0.1) is 11.1 Å². The van der Waals surface area contributed by atoms with Gasteiger partial charge in [0.1, 0.15) is 12.2 Å². The zero-order valence-electron chi connectivity index (χ0n) is 14.4. The van der Waals surface area contributed by atoms with Crippen LogP contribution in [0.3, 0.4) is 0 Å². The summed E-state index contributed by atoms with van der Waals surface area (Å²) in [6.45, 7) is 0.661. The van der Waals surface area contributed by atoms with E-state index in [4.69, 9.17) is 15.1 Å². The predicted molar refractivity (Wildman–Crippen MR) is 95.9 cm³/mol. The maximum Gasteiger partial charge on any atom is 0.335 e. The zero-order valence-corrected chi connectivity index (χ0v) is 14.4. The lowest BCUT2D eigenvalue weighted by Crippen LogP contribution is -2.36. The van der Waals surface area contributed by atoms with E-state index in [1.165, 1.54) is 6.20 Å². The maximum atomic E-state index is 11.0. The van der Waals surface area contributed by atoms with Gasteiger partial charge in [-0.25, -0.2) is 9.78 Å². The largest absolute Gasteiger partial charge is 0.478 e. The maximum absolute atomic E-state index is 11.0. The molecule has 1 aromatic heterocycles. The minimum atomic E-state index is -0.902. The van der Waals surface area contributed by atoms with E-state index in [1.54, 1.807) is 30.3 Å². The van der Waals surface area contributed by atoms with Crippen molar-refractivity contribution >= 4 is 5.97 Å². The van der Waals surface area contributed by atoms with Crippen molar-refractivity contribution < 1.29 is 14.6 Å². The Kier molecular flexibility index (Phi) is 5.82. The van der Waals surface area contributed by atoms with Gasteiger partial charge in [0.25, 0.3) is 0 Å². The Morgan fingerprint density at radius 3 is 2.73 bits per heavy atom. The number of aromatic carboxylic acids is 1. The SMILES string of the molecule is N#Cc1ccc(OC2CCC(NCc3cccc(C(=O)O)c3)CC2)nc1. The van der Waals surface area contributed by atoms with Gasteiger partial charge in [-0.05, 0) is 49.4 Å². The van der Waals surface area contributed by atoms with Gasteiger partial charge >= 0.3 is 5.97 Å². The molecule has 0 atom stereocenters. The zero-order chi connectivity index (χ0) is 18.4. The topological polar surface area (TPSA) is 95.2 Å². The molecule has 26 heavy (non-hydrogen) atoms. The Labute approximate surface area is 152 Å². The lowest BCUT2D eigenvalue weighted by Gasteiger charge is -2.29. The molecule has 134 valence electrons. The summed E-state index contributed by atoms with van der Waals surface area (Å²) in [7, 11) is 0. The van der Waals surface area contributed by atoms with Gasteiger partial charge in [0.15, 0.2) is 0 Å². The molecule has 6 nitrogen and oxygen atoms in total. The van der Waals surface area contributed by atoms with E-state index in [2.05, 4.69) is 10.3 Å². The third kappa shape index (κ3) is 4.80. The van der Waals surface area contributed by atoms with Crippen LogP contribution in [-0.4, -0.2) is 28.2 Å². The number of carboxylic acid groups (broad SMARTS) is 1. The molecule has 6 heteroatoms. The lowest BCUT2D eigenvalue weighted by atomic mass is 9.92. The van der Waals surface area contributed by atoms with Crippen LogP contribution in [-0.2, 0) is 6.54 Å². The van der Waals surface area contributed by atoms with Crippen LogP contribution in [0.1, 0.15) is 47.2 Å². The molecule has 0 amide bonds. The van der Waals surface area contributed by atoms with E-state index >= 15 is 0 Å². The van der Waals surface area contributed by atoms with E-state index in [1.807, 2.05) is 12.1 Å². The van der Waals surface area contributed by atoms with E-state index < -0.39 is 5.97 Å². The highest BCUT2D eigenvalue weighted by Gasteiger charge is 2.22. The van der Waals surface area contributed by atoms with Gasteiger partial charge in [-0.1, -0.05) is 12.1 Å². The van der Waals surface area contributed by atoms with E-state index in [9.17, 15) is 4.79 Å². The molecule has 0 aliphatic heterocycles. The lowest BCUT2D eigenvalue weighted by molar-refractivity contribution is 0.0696. The van der Waals surface area contributed by atoms with Gasteiger partial charge in [0.2, 0.25) is 5.88 Å². The number of carbonyl (C=O) groups is 1. The van der Waals surface area contributed by atoms with Crippen LogP contribution < -0.4 is 10.1 Å². The van der Waals surface area contributed by atoms with Crippen LogP contribution in [0.15, 0.2) is 42.6 Å². The average molecular weight is 351 g/mol. The van der Waals surface area contributed by atoms with Crippen molar-refractivity contribution in [1.29, 1.82) is 5.26 Å². The Hall–Kier alpha value is -2.91. The van der Waals surface area contributed by atoms with Gasteiger partial charge in [-0.15, -0.1) is 0 Å². The molecule has 1 aromatic carbocycles. The molecular formula is C20H21N3O3.